The van der Waals surface area contributed by atoms with Crippen molar-refractivity contribution in [2.24, 2.45) is 10.2 Å². The Kier molecular flexibility index (Phi) is 5.26. The molecule has 0 unspecified atom stereocenters. The second-order valence-corrected chi connectivity index (χ2v) is 6.22. The largest absolute Gasteiger partial charge is 0.155 e. The summed E-state index contributed by atoms with van der Waals surface area (Å²) in [7, 11) is 0. The van der Waals surface area contributed by atoms with Gasteiger partial charge >= 0.3 is 0 Å². The Balaban J connectivity index is 2.24. The van der Waals surface area contributed by atoms with Gasteiger partial charge in [0.15, 0.2) is 0 Å². The normalized spacial score (nSPS) is 12.6. The quantitative estimate of drug-likeness (QED) is 0.489. The van der Waals surface area contributed by atoms with Gasteiger partial charge in [0.2, 0.25) is 0 Å². The first-order chi connectivity index (χ1) is 9.56. The van der Waals surface area contributed by atoms with Crippen LogP contribution in [0.15, 0.2) is 67.7 Å². The van der Waals surface area contributed by atoms with Gasteiger partial charge in [-0.05, 0) is 49.2 Å². The van der Waals surface area contributed by atoms with Gasteiger partial charge in [-0.25, -0.2) is 0 Å². The van der Waals surface area contributed by atoms with Gasteiger partial charge in [0, 0.05) is 8.95 Å². The average Bonchev–Trinajstić information content (AvgIpc) is 2.44. The minimum absolute atomic E-state index is 0.889. The van der Waals surface area contributed by atoms with Gasteiger partial charge in [-0.1, -0.05) is 56.1 Å². The second kappa shape index (κ2) is 6.95. The first-order valence-electron chi connectivity index (χ1n) is 6.17. The molecule has 2 aromatic rings. The molecule has 0 aliphatic carbocycles. The summed E-state index contributed by atoms with van der Waals surface area (Å²) in [6.07, 6.45) is 0. The van der Waals surface area contributed by atoms with Crippen molar-refractivity contribution < 1.29 is 0 Å². The number of benzene rings is 2. The van der Waals surface area contributed by atoms with E-state index in [9.17, 15) is 0 Å². The third-order valence-corrected chi connectivity index (χ3v) is 3.82. The molecule has 0 bridgehead atoms. The number of hydrogen-bond acceptors (Lipinski definition) is 2. The minimum atomic E-state index is 0.889. The number of rotatable bonds is 3. The smallest absolute Gasteiger partial charge is 0.0672 e. The highest BCUT2D eigenvalue weighted by atomic mass is 79.9. The monoisotopic (exact) mass is 392 g/mol. The lowest BCUT2D eigenvalue weighted by molar-refractivity contribution is 1.22. The van der Waals surface area contributed by atoms with Crippen molar-refractivity contribution in [1.29, 1.82) is 0 Å². The molecule has 0 radical (unpaired) electrons. The Morgan fingerprint density at radius 1 is 0.750 bits per heavy atom. The molecule has 0 spiro atoms. The van der Waals surface area contributed by atoms with Crippen LogP contribution >= 0.6 is 31.9 Å². The minimum Gasteiger partial charge on any atom is -0.155 e. The first-order valence-corrected chi connectivity index (χ1v) is 7.75. The Labute approximate surface area is 135 Å². The molecule has 20 heavy (non-hydrogen) atoms. The van der Waals surface area contributed by atoms with E-state index in [1.165, 1.54) is 0 Å². The van der Waals surface area contributed by atoms with E-state index >= 15 is 0 Å². The van der Waals surface area contributed by atoms with Crippen molar-refractivity contribution in [3.8, 4) is 0 Å². The van der Waals surface area contributed by atoms with Crippen LogP contribution in [0.25, 0.3) is 0 Å². The molecule has 2 nitrogen and oxygen atoms in total. The summed E-state index contributed by atoms with van der Waals surface area (Å²) in [6, 6.07) is 16.1. The van der Waals surface area contributed by atoms with E-state index in [0.717, 1.165) is 31.5 Å². The molecule has 0 heterocycles. The predicted molar refractivity (Wildman–Crippen MR) is 92.7 cm³/mol. The number of hydrogen-bond donors (Lipinski definition) is 0. The van der Waals surface area contributed by atoms with E-state index in [4.69, 9.17) is 0 Å². The maximum atomic E-state index is 4.31. The van der Waals surface area contributed by atoms with E-state index in [-0.39, 0.29) is 0 Å². The molecule has 0 aliphatic rings. The summed E-state index contributed by atoms with van der Waals surface area (Å²) in [5.41, 5.74) is 3.90. The van der Waals surface area contributed by atoms with Gasteiger partial charge in [-0.15, -0.1) is 0 Å². The van der Waals surface area contributed by atoms with Gasteiger partial charge < -0.3 is 0 Å². The molecule has 2 rings (SSSR count). The first kappa shape index (κ1) is 15.1. The Hall–Kier alpha value is -1.26. The highest BCUT2D eigenvalue weighted by molar-refractivity contribution is 9.10. The summed E-state index contributed by atoms with van der Waals surface area (Å²) < 4.78 is 2.08. The third kappa shape index (κ3) is 4.12. The molecule has 4 heteroatoms. The molecular weight excluding hydrogens is 380 g/mol. The van der Waals surface area contributed by atoms with Crippen LogP contribution in [0.2, 0.25) is 0 Å². The van der Waals surface area contributed by atoms with Crippen molar-refractivity contribution in [3.05, 3.63) is 68.6 Å². The van der Waals surface area contributed by atoms with Crippen LogP contribution in [0.3, 0.4) is 0 Å². The van der Waals surface area contributed by atoms with Crippen LogP contribution in [0, 0.1) is 0 Å². The summed E-state index contributed by atoms with van der Waals surface area (Å²) in [4.78, 5) is 0. The van der Waals surface area contributed by atoms with Crippen molar-refractivity contribution in [1.82, 2.24) is 0 Å². The molecule has 0 N–H and O–H groups in total. The van der Waals surface area contributed by atoms with E-state index < -0.39 is 0 Å². The summed E-state index contributed by atoms with van der Waals surface area (Å²) in [5, 5.41) is 8.62. The van der Waals surface area contributed by atoms with Gasteiger partial charge in [-0.2, -0.15) is 10.2 Å². The molecular formula is C16H14Br2N2. The Morgan fingerprint density at radius 2 is 1.15 bits per heavy atom. The van der Waals surface area contributed by atoms with Gasteiger partial charge in [0.25, 0.3) is 0 Å². The third-order valence-electron chi connectivity index (χ3n) is 2.83. The van der Waals surface area contributed by atoms with Crippen molar-refractivity contribution >= 4 is 43.3 Å². The maximum absolute atomic E-state index is 4.31. The molecule has 0 atom stereocenters. The molecule has 0 aliphatic heterocycles. The van der Waals surface area contributed by atoms with Crippen LogP contribution in [-0.2, 0) is 0 Å². The molecule has 2 aromatic carbocycles. The number of halogens is 2. The average molecular weight is 394 g/mol. The zero-order valence-corrected chi connectivity index (χ0v) is 14.4. The van der Waals surface area contributed by atoms with Crippen LogP contribution in [-0.4, -0.2) is 11.4 Å². The van der Waals surface area contributed by atoms with E-state index in [1.54, 1.807) is 0 Å². The maximum Gasteiger partial charge on any atom is 0.0672 e. The summed E-state index contributed by atoms with van der Waals surface area (Å²) in [6.45, 7) is 3.92. The molecule has 102 valence electrons. The summed E-state index contributed by atoms with van der Waals surface area (Å²) >= 11 is 6.92. The second-order valence-electron chi connectivity index (χ2n) is 4.39. The van der Waals surface area contributed by atoms with Gasteiger partial charge in [-0.3, -0.25) is 0 Å². The van der Waals surface area contributed by atoms with Crippen molar-refractivity contribution in [2.75, 3.05) is 0 Å². The fourth-order valence-electron chi connectivity index (χ4n) is 1.69. The molecule has 0 aromatic heterocycles. The molecule has 0 fully saturated rings. The van der Waals surface area contributed by atoms with E-state index in [0.29, 0.717) is 0 Å². The lowest BCUT2D eigenvalue weighted by atomic mass is 10.1. The predicted octanol–water partition coefficient (Wildman–Crippen LogP) is 5.44. The highest BCUT2D eigenvalue weighted by Gasteiger charge is 2.00. The fraction of sp³-hybridized carbons (Fsp3) is 0.125. The molecule has 0 saturated heterocycles. The standard InChI is InChI=1S/C16H14Br2N2/c1-11(13-5-3-7-15(17)9-13)19-20-12(2)14-6-4-8-16(18)10-14/h3-10H,1-2H3/b19-11-,20-12+. The fourth-order valence-corrected chi connectivity index (χ4v) is 2.49. The van der Waals surface area contributed by atoms with E-state index in [2.05, 4.69) is 42.1 Å². The van der Waals surface area contributed by atoms with Gasteiger partial charge in [0.1, 0.15) is 0 Å². The van der Waals surface area contributed by atoms with Crippen LogP contribution in [0.5, 0.6) is 0 Å². The molecule has 0 saturated carbocycles. The van der Waals surface area contributed by atoms with Crippen LogP contribution in [0.1, 0.15) is 25.0 Å². The Morgan fingerprint density at radius 3 is 1.50 bits per heavy atom. The SMILES string of the molecule is C/C(=N/N=C(\C)c1cccc(Br)c1)c1cccc(Br)c1. The van der Waals surface area contributed by atoms with Gasteiger partial charge in [0.05, 0.1) is 11.4 Å². The number of nitrogens with zero attached hydrogens (tertiary/aromatic N) is 2. The highest BCUT2D eigenvalue weighted by Crippen LogP contribution is 2.14. The lowest BCUT2D eigenvalue weighted by Crippen LogP contribution is -1.97. The topological polar surface area (TPSA) is 24.7 Å². The zero-order valence-electron chi connectivity index (χ0n) is 11.3. The van der Waals surface area contributed by atoms with Crippen molar-refractivity contribution in [3.63, 3.8) is 0 Å². The van der Waals surface area contributed by atoms with Crippen LogP contribution in [0.4, 0.5) is 0 Å². The zero-order chi connectivity index (χ0) is 14.5. The van der Waals surface area contributed by atoms with Crippen molar-refractivity contribution in [2.45, 2.75) is 13.8 Å². The Bertz CT molecular complexity index is 616. The summed E-state index contributed by atoms with van der Waals surface area (Å²) in [5.74, 6) is 0. The lowest BCUT2D eigenvalue weighted by Gasteiger charge is -2.01. The van der Waals surface area contributed by atoms with Crippen LogP contribution < -0.4 is 0 Å². The molecule has 0 amide bonds. The van der Waals surface area contributed by atoms with E-state index in [1.807, 2.05) is 62.4 Å².